The van der Waals surface area contributed by atoms with Crippen molar-refractivity contribution < 1.29 is 4.79 Å². The number of nitrogens with zero attached hydrogens (tertiary/aromatic N) is 3. The van der Waals surface area contributed by atoms with Crippen LogP contribution in [-0.4, -0.2) is 27.4 Å². The van der Waals surface area contributed by atoms with Crippen molar-refractivity contribution >= 4 is 27.5 Å². The van der Waals surface area contributed by atoms with Gasteiger partial charge in [0.25, 0.3) is 5.56 Å². The Hall–Kier alpha value is -2.47. The molecule has 2 aromatic heterocycles. The van der Waals surface area contributed by atoms with Gasteiger partial charge < -0.3 is 4.90 Å². The zero-order valence-corrected chi connectivity index (χ0v) is 17.2. The van der Waals surface area contributed by atoms with Gasteiger partial charge in [-0.1, -0.05) is 30.3 Å². The van der Waals surface area contributed by atoms with Gasteiger partial charge >= 0.3 is 0 Å². The molecule has 0 radical (unpaired) electrons. The number of benzene rings is 1. The summed E-state index contributed by atoms with van der Waals surface area (Å²) in [6.45, 7) is 2.38. The zero-order chi connectivity index (χ0) is 19.7. The smallest absolute Gasteiger partial charge is 0.262 e. The van der Waals surface area contributed by atoms with Crippen LogP contribution in [0.3, 0.4) is 0 Å². The van der Waals surface area contributed by atoms with Crippen molar-refractivity contribution in [2.75, 3.05) is 7.05 Å². The molecule has 1 aliphatic carbocycles. The highest BCUT2D eigenvalue weighted by Crippen LogP contribution is 2.33. The van der Waals surface area contributed by atoms with Crippen LogP contribution in [0.25, 0.3) is 10.2 Å². The molecule has 3 aromatic rings. The Morgan fingerprint density at radius 3 is 2.79 bits per heavy atom. The SMILES string of the molecule is C[C@@H](c1ccccc1)N(C)C(=O)CCn1cnc2sc3c(c2c1=O)CCCC3. The molecule has 0 saturated heterocycles. The third-order valence-electron chi connectivity index (χ3n) is 5.76. The van der Waals surface area contributed by atoms with Crippen molar-refractivity contribution in [3.05, 3.63) is 63.0 Å². The molecular weight excluding hydrogens is 370 g/mol. The van der Waals surface area contributed by atoms with Crippen molar-refractivity contribution in [2.45, 2.75) is 51.6 Å². The van der Waals surface area contributed by atoms with E-state index in [4.69, 9.17) is 0 Å². The summed E-state index contributed by atoms with van der Waals surface area (Å²) in [5.41, 5.74) is 2.29. The van der Waals surface area contributed by atoms with Crippen molar-refractivity contribution in [1.29, 1.82) is 0 Å². The van der Waals surface area contributed by atoms with Crippen LogP contribution in [0.2, 0.25) is 0 Å². The summed E-state index contributed by atoms with van der Waals surface area (Å²) in [7, 11) is 1.82. The molecule has 1 amide bonds. The minimum Gasteiger partial charge on any atom is -0.339 e. The van der Waals surface area contributed by atoms with Crippen LogP contribution in [0, 0.1) is 0 Å². The van der Waals surface area contributed by atoms with Crippen molar-refractivity contribution in [3.8, 4) is 0 Å². The number of thiophene rings is 1. The van der Waals surface area contributed by atoms with E-state index in [1.165, 1.54) is 16.9 Å². The Balaban J connectivity index is 1.50. The highest BCUT2D eigenvalue weighted by atomic mass is 32.1. The molecule has 0 fully saturated rings. The van der Waals surface area contributed by atoms with E-state index in [-0.39, 0.29) is 23.9 Å². The maximum absolute atomic E-state index is 13.0. The largest absolute Gasteiger partial charge is 0.339 e. The number of hydrogen-bond donors (Lipinski definition) is 0. The Morgan fingerprint density at radius 2 is 2.00 bits per heavy atom. The van der Waals surface area contributed by atoms with E-state index in [1.807, 2.05) is 44.3 Å². The average Bonchev–Trinajstić information content (AvgIpc) is 3.12. The van der Waals surface area contributed by atoms with Gasteiger partial charge in [0.15, 0.2) is 0 Å². The molecule has 0 aliphatic heterocycles. The number of carbonyl (C=O) groups excluding carboxylic acids is 1. The highest BCUT2D eigenvalue weighted by molar-refractivity contribution is 7.18. The molecule has 2 heterocycles. The molecule has 1 aliphatic rings. The fourth-order valence-electron chi connectivity index (χ4n) is 3.90. The summed E-state index contributed by atoms with van der Waals surface area (Å²) in [4.78, 5) is 34.1. The summed E-state index contributed by atoms with van der Waals surface area (Å²) < 4.78 is 1.60. The minimum atomic E-state index is -0.00470. The lowest BCUT2D eigenvalue weighted by Gasteiger charge is -2.25. The minimum absolute atomic E-state index is 0.00374. The van der Waals surface area contributed by atoms with Gasteiger partial charge in [-0.3, -0.25) is 14.2 Å². The molecule has 146 valence electrons. The molecule has 4 rings (SSSR count). The van der Waals surface area contributed by atoms with Gasteiger partial charge in [0, 0.05) is 24.9 Å². The first-order valence-corrected chi connectivity index (χ1v) is 10.7. The summed E-state index contributed by atoms with van der Waals surface area (Å²) >= 11 is 1.65. The third kappa shape index (κ3) is 3.49. The average molecular weight is 396 g/mol. The standard InChI is InChI=1S/C22H25N3O2S/c1-15(16-8-4-3-5-9-16)24(2)19(26)12-13-25-14-23-21-20(22(25)27)17-10-6-7-11-18(17)28-21/h3-5,8-9,14-15H,6-7,10-13H2,1-2H3/t15-/m0/s1. The lowest BCUT2D eigenvalue weighted by Crippen LogP contribution is -2.31. The summed E-state index contributed by atoms with van der Waals surface area (Å²) in [6.07, 6.45) is 6.22. The number of aryl methyl sites for hydroxylation is 3. The fourth-order valence-corrected chi connectivity index (χ4v) is 5.12. The predicted molar refractivity (Wildman–Crippen MR) is 113 cm³/mol. The number of rotatable bonds is 5. The van der Waals surface area contributed by atoms with E-state index in [9.17, 15) is 9.59 Å². The second kappa shape index (κ2) is 7.87. The molecule has 0 unspecified atom stereocenters. The van der Waals surface area contributed by atoms with Gasteiger partial charge in [-0.2, -0.15) is 0 Å². The second-order valence-corrected chi connectivity index (χ2v) is 8.56. The quantitative estimate of drug-likeness (QED) is 0.657. The van der Waals surface area contributed by atoms with E-state index < -0.39 is 0 Å². The molecule has 1 aromatic carbocycles. The van der Waals surface area contributed by atoms with Gasteiger partial charge in [-0.25, -0.2) is 4.98 Å². The molecule has 0 N–H and O–H groups in total. The van der Waals surface area contributed by atoms with Gasteiger partial charge in [0.2, 0.25) is 5.91 Å². The highest BCUT2D eigenvalue weighted by Gasteiger charge is 2.21. The van der Waals surface area contributed by atoms with Crippen LogP contribution in [0.4, 0.5) is 0 Å². The molecule has 1 atom stereocenters. The summed E-state index contributed by atoms with van der Waals surface area (Å²) in [5, 5.41) is 0.778. The Morgan fingerprint density at radius 1 is 1.25 bits per heavy atom. The lowest BCUT2D eigenvalue weighted by molar-refractivity contribution is -0.132. The van der Waals surface area contributed by atoms with Crippen LogP contribution in [0.15, 0.2) is 41.5 Å². The molecule has 0 spiro atoms. The van der Waals surface area contributed by atoms with Crippen LogP contribution >= 0.6 is 11.3 Å². The van der Waals surface area contributed by atoms with E-state index in [0.29, 0.717) is 6.54 Å². The first kappa shape index (κ1) is 18.9. The predicted octanol–water partition coefficient (Wildman–Crippen LogP) is 3.95. The second-order valence-electron chi connectivity index (χ2n) is 7.48. The molecule has 0 saturated carbocycles. The molecular formula is C22H25N3O2S. The number of fused-ring (bicyclic) bond motifs is 3. The van der Waals surface area contributed by atoms with Crippen LogP contribution < -0.4 is 5.56 Å². The van der Waals surface area contributed by atoms with Crippen molar-refractivity contribution in [1.82, 2.24) is 14.5 Å². The number of aromatic nitrogens is 2. The first-order valence-electron chi connectivity index (χ1n) is 9.86. The normalized spacial score (nSPS) is 14.6. The molecule has 5 nitrogen and oxygen atoms in total. The lowest BCUT2D eigenvalue weighted by atomic mass is 9.97. The molecule has 28 heavy (non-hydrogen) atoms. The topological polar surface area (TPSA) is 55.2 Å². The third-order valence-corrected chi connectivity index (χ3v) is 6.96. The van der Waals surface area contributed by atoms with Crippen LogP contribution in [0.1, 0.15) is 48.2 Å². The monoisotopic (exact) mass is 395 g/mol. The number of carbonyl (C=O) groups is 1. The maximum Gasteiger partial charge on any atom is 0.262 e. The summed E-state index contributed by atoms with van der Waals surface area (Å²) in [6, 6.07) is 9.97. The van der Waals surface area contributed by atoms with E-state index in [0.717, 1.165) is 35.0 Å². The number of amides is 1. The van der Waals surface area contributed by atoms with Gasteiger partial charge in [0.1, 0.15) is 4.83 Å². The van der Waals surface area contributed by atoms with Gasteiger partial charge in [-0.15, -0.1) is 11.3 Å². The van der Waals surface area contributed by atoms with Crippen LogP contribution in [0.5, 0.6) is 0 Å². The van der Waals surface area contributed by atoms with E-state index in [2.05, 4.69) is 4.98 Å². The van der Waals surface area contributed by atoms with E-state index in [1.54, 1.807) is 27.1 Å². The molecule has 6 heteroatoms. The summed E-state index contributed by atoms with van der Waals surface area (Å²) in [5.74, 6) is 0.0238. The fraction of sp³-hybridized carbons (Fsp3) is 0.409. The Labute approximate surface area is 168 Å². The van der Waals surface area contributed by atoms with Crippen molar-refractivity contribution in [3.63, 3.8) is 0 Å². The molecule has 0 bridgehead atoms. The zero-order valence-electron chi connectivity index (χ0n) is 16.4. The van der Waals surface area contributed by atoms with E-state index >= 15 is 0 Å². The maximum atomic E-state index is 13.0. The number of hydrogen-bond acceptors (Lipinski definition) is 4. The Bertz CT molecular complexity index is 1050. The van der Waals surface area contributed by atoms with Crippen molar-refractivity contribution in [2.24, 2.45) is 0 Å². The van der Waals surface area contributed by atoms with Gasteiger partial charge in [-0.05, 0) is 43.7 Å². The van der Waals surface area contributed by atoms with Gasteiger partial charge in [0.05, 0.1) is 17.8 Å². The Kier molecular flexibility index (Phi) is 5.31. The first-order chi connectivity index (χ1) is 13.6. The van der Waals surface area contributed by atoms with Crippen LogP contribution in [-0.2, 0) is 24.2 Å².